The number of rotatable bonds is 6. The first-order valence-corrected chi connectivity index (χ1v) is 9.38. The molecule has 2 aliphatic heterocycles. The third-order valence-electron chi connectivity index (χ3n) is 4.52. The number of benzene rings is 1. The zero-order chi connectivity index (χ0) is 16.3. The van der Waals surface area contributed by atoms with Crippen LogP contribution in [-0.2, 0) is 20.1 Å². The highest BCUT2D eigenvalue weighted by molar-refractivity contribution is 9.10. The quantitative estimate of drug-likeness (QED) is 0.687. The molecule has 1 aromatic rings. The van der Waals surface area contributed by atoms with Gasteiger partial charge in [0.15, 0.2) is 0 Å². The van der Waals surface area contributed by atoms with E-state index in [1.54, 1.807) is 0 Å². The summed E-state index contributed by atoms with van der Waals surface area (Å²) in [5.41, 5.74) is 1.76. The third-order valence-corrected chi connectivity index (χ3v) is 5.01. The maximum Gasteiger partial charge on any atom is 0.292 e. The van der Waals surface area contributed by atoms with Gasteiger partial charge < -0.3 is 14.4 Å². The number of hydrogen-bond donors (Lipinski definition) is 0. The lowest BCUT2D eigenvalue weighted by atomic mass is 10.1. The van der Waals surface area contributed by atoms with Gasteiger partial charge in [-0.3, -0.25) is 4.79 Å². The van der Waals surface area contributed by atoms with Gasteiger partial charge in [-0.15, -0.1) is 0 Å². The van der Waals surface area contributed by atoms with E-state index >= 15 is 0 Å². The second-order valence-corrected chi connectivity index (χ2v) is 7.12. The van der Waals surface area contributed by atoms with Crippen LogP contribution in [0.5, 0.6) is 0 Å². The van der Waals surface area contributed by atoms with Gasteiger partial charge in [-0.05, 0) is 31.0 Å². The minimum Gasteiger partial charge on any atom is -0.338 e. The van der Waals surface area contributed by atoms with Crippen molar-refractivity contribution in [1.82, 2.24) is 0 Å². The number of carbonyl (C=O) groups excluding carboxylic acids is 1. The molecular formula is C18H24BrNO3. The lowest BCUT2D eigenvalue weighted by Crippen LogP contribution is -2.47. The minimum absolute atomic E-state index is 0.0687. The summed E-state index contributed by atoms with van der Waals surface area (Å²) >= 11 is 3.49. The van der Waals surface area contributed by atoms with Crippen molar-refractivity contribution < 1.29 is 14.3 Å². The van der Waals surface area contributed by atoms with Gasteiger partial charge in [0.2, 0.25) is 0 Å². The maximum absolute atomic E-state index is 13.0. The summed E-state index contributed by atoms with van der Waals surface area (Å²) in [6, 6.07) is 5.91. The van der Waals surface area contributed by atoms with Crippen molar-refractivity contribution in [3.63, 3.8) is 0 Å². The van der Waals surface area contributed by atoms with E-state index in [0.717, 1.165) is 41.5 Å². The van der Waals surface area contributed by atoms with Crippen molar-refractivity contribution >= 4 is 27.5 Å². The van der Waals surface area contributed by atoms with Crippen molar-refractivity contribution in [2.24, 2.45) is 0 Å². The molecule has 0 unspecified atom stereocenters. The van der Waals surface area contributed by atoms with Crippen LogP contribution in [0, 0.1) is 0 Å². The standard InChI is InChI=1S/C18H24BrNO3/c1-2-3-4-5-6-10-20-16-9-8-14(19)13-15(16)18(17(20)21)22-11-7-12-23-18/h8-9,13H,2-7,10-12H2,1H3. The van der Waals surface area contributed by atoms with Gasteiger partial charge in [0.05, 0.1) is 18.9 Å². The predicted molar refractivity (Wildman–Crippen MR) is 93.5 cm³/mol. The van der Waals surface area contributed by atoms with Gasteiger partial charge in [-0.1, -0.05) is 48.5 Å². The molecule has 1 spiro atoms. The molecule has 1 saturated heterocycles. The number of nitrogens with zero attached hydrogens (tertiary/aromatic N) is 1. The monoisotopic (exact) mass is 381 g/mol. The molecule has 0 aromatic heterocycles. The van der Waals surface area contributed by atoms with Crippen LogP contribution in [0.3, 0.4) is 0 Å². The summed E-state index contributed by atoms with van der Waals surface area (Å²) < 4.78 is 12.7. The second kappa shape index (κ2) is 7.32. The van der Waals surface area contributed by atoms with Gasteiger partial charge in [-0.25, -0.2) is 0 Å². The second-order valence-electron chi connectivity index (χ2n) is 6.20. The summed E-state index contributed by atoms with van der Waals surface area (Å²) in [7, 11) is 0. The van der Waals surface area contributed by atoms with E-state index < -0.39 is 5.79 Å². The number of halogens is 1. The number of carbonyl (C=O) groups is 1. The Kier molecular flexibility index (Phi) is 5.39. The Hall–Kier alpha value is -0.910. The molecule has 0 radical (unpaired) electrons. The zero-order valence-electron chi connectivity index (χ0n) is 13.6. The number of ether oxygens (including phenoxy) is 2. The molecular weight excluding hydrogens is 358 g/mol. The van der Waals surface area contributed by atoms with Crippen LogP contribution in [0.25, 0.3) is 0 Å². The van der Waals surface area contributed by atoms with Crippen LogP contribution in [0.1, 0.15) is 51.0 Å². The van der Waals surface area contributed by atoms with Crippen LogP contribution in [0.2, 0.25) is 0 Å². The fourth-order valence-electron chi connectivity index (χ4n) is 3.32. The molecule has 1 fully saturated rings. The summed E-state index contributed by atoms with van der Waals surface area (Å²) in [6.07, 6.45) is 6.70. The molecule has 3 rings (SSSR count). The van der Waals surface area contributed by atoms with Gasteiger partial charge in [0, 0.05) is 16.6 Å². The lowest BCUT2D eigenvalue weighted by Gasteiger charge is -2.32. The van der Waals surface area contributed by atoms with Gasteiger partial charge in [0.25, 0.3) is 11.7 Å². The molecule has 0 N–H and O–H groups in total. The fraction of sp³-hybridized carbons (Fsp3) is 0.611. The van der Waals surface area contributed by atoms with Crippen molar-refractivity contribution in [2.45, 2.75) is 51.2 Å². The fourth-order valence-corrected chi connectivity index (χ4v) is 3.68. The molecule has 0 saturated carbocycles. The van der Waals surface area contributed by atoms with E-state index in [1.165, 1.54) is 19.3 Å². The van der Waals surface area contributed by atoms with Gasteiger partial charge in [-0.2, -0.15) is 0 Å². The normalized spacial score (nSPS) is 19.4. The van der Waals surface area contributed by atoms with Crippen LogP contribution < -0.4 is 4.90 Å². The topological polar surface area (TPSA) is 38.8 Å². The third kappa shape index (κ3) is 3.19. The average molecular weight is 382 g/mol. The highest BCUT2D eigenvalue weighted by atomic mass is 79.9. The first kappa shape index (κ1) is 16.9. The summed E-state index contributed by atoms with van der Waals surface area (Å²) in [5, 5.41) is 0. The molecule has 0 atom stereocenters. The number of amides is 1. The van der Waals surface area contributed by atoms with Crippen molar-refractivity contribution in [2.75, 3.05) is 24.7 Å². The Morgan fingerprint density at radius 3 is 2.65 bits per heavy atom. The number of hydrogen-bond acceptors (Lipinski definition) is 3. The lowest BCUT2D eigenvalue weighted by molar-refractivity contribution is -0.256. The Labute approximate surface area is 146 Å². The molecule has 0 bridgehead atoms. The van der Waals surface area contributed by atoms with Gasteiger partial charge in [0.1, 0.15) is 0 Å². The van der Waals surface area contributed by atoms with E-state index in [0.29, 0.717) is 13.2 Å². The number of unbranched alkanes of at least 4 members (excludes halogenated alkanes) is 4. The molecule has 2 heterocycles. The molecule has 4 nitrogen and oxygen atoms in total. The first-order chi connectivity index (χ1) is 11.2. The van der Waals surface area contributed by atoms with E-state index in [2.05, 4.69) is 22.9 Å². The Morgan fingerprint density at radius 1 is 1.17 bits per heavy atom. The van der Waals surface area contributed by atoms with Gasteiger partial charge >= 0.3 is 0 Å². The van der Waals surface area contributed by atoms with Crippen molar-refractivity contribution in [3.05, 3.63) is 28.2 Å². The highest BCUT2D eigenvalue weighted by Crippen LogP contribution is 2.46. The van der Waals surface area contributed by atoms with Crippen molar-refractivity contribution in [3.8, 4) is 0 Å². The summed E-state index contributed by atoms with van der Waals surface area (Å²) in [6.45, 7) is 4.05. The van der Waals surface area contributed by atoms with E-state index in [9.17, 15) is 4.79 Å². The molecule has 5 heteroatoms. The van der Waals surface area contributed by atoms with Crippen molar-refractivity contribution in [1.29, 1.82) is 0 Å². The van der Waals surface area contributed by atoms with E-state index in [-0.39, 0.29) is 5.91 Å². The van der Waals surface area contributed by atoms with Crippen LogP contribution in [-0.4, -0.2) is 25.7 Å². The molecule has 0 aliphatic carbocycles. The SMILES string of the molecule is CCCCCCCN1C(=O)C2(OCCCO2)c2cc(Br)ccc21. The van der Waals surface area contributed by atoms with E-state index in [1.807, 2.05) is 23.1 Å². The maximum atomic E-state index is 13.0. The molecule has 2 aliphatic rings. The molecule has 23 heavy (non-hydrogen) atoms. The Balaban J connectivity index is 1.80. The molecule has 1 aromatic carbocycles. The van der Waals surface area contributed by atoms with Crippen LogP contribution in [0.15, 0.2) is 22.7 Å². The minimum atomic E-state index is -1.22. The first-order valence-electron chi connectivity index (χ1n) is 8.59. The Morgan fingerprint density at radius 2 is 1.91 bits per heavy atom. The smallest absolute Gasteiger partial charge is 0.292 e. The largest absolute Gasteiger partial charge is 0.338 e. The summed E-state index contributed by atoms with van der Waals surface area (Å²) in [4.78, 5) is 14.9. The average Bonchev–Trinajstić information content (AvgIpc) is 2.78. The van der Waals surface area contributed by atoms with Crippen LogP contribution in [0.4, 0.5) is 5.69 Å². The number of fused-ring (bicyclic) bond motifs is 2. The summed E-state index contributed by atoms with van der Waals surface area (Å²) in [5.74, 6) is -1.29. The Bertz CT molecular complexity index is 569. The predicted octanol–water partition coefficient (Wildman–Crippen LogP) is 4.36. The zero-order valence-corrected chi connectivity index (χ0v) is 15.2. The highest BCUT2D eigenvalue weighted by Gasteiger charge is 2.54. The van der Waals surface area contributed by atoms with E-state index in [4.69, 9.17) is 9.47 Å². The molecule has 1 amide bonds. The molecule has 126 valence electrons. The number of anilines is 1. The van der Waals surface area contributed by atoms with Crippen LogP contribution >= 0.6 is 15.9 Å².